The number of aliphatic hydroxyl groups excluding tert-OH is 1. The van der Waals surface area contributed by atoms with E-state index in [1.807, 2.05) is 26.8 Å². The van der Waals surface area contributed by atoms with Crippen LogP contribution in [0, 0.1) is 5.41 Å². The van der Waals surface area contributed by atoms with Gasteiger partial charge < -0.3 is 9.29 Å². The number of alkyl halides is 4. The monoisotopic (exact) mass is 758 g/mol. The van der Waals surface area contributed by atoms with E-state index < -0.39 is 18.3 Å². The van der Waals surface area contributed by atoms with Gasteiger partial charge in [-0.2, -0.15) is 21.4 Å². The number of halogens is 4. The Labute approximate surface area is 316 Å². The number of hydrogen-bond acceptors (Lipinski definition) is 5. The second-order valence-electron chi connectivity index (χ2n) is 14.7. The number of benzene rings is 1. The molecule has 292 valence electrons. The molecular weight excluding hydrogens is 693 g/mol. The Morgan fingerprint density at radius 3 is 2.29 bits per heavy atom. The molecule has 0 radical (unpaired) electrons. The number of carbonyl (C=O) groups excluding carboxylic acids is 1. The van der Waals surface area contributed by atoms with Crippen LogP contribution in [0.5, 0.6) is 0 Å². The van der Waals surface area contributed by atoms with E-state index in [1.165, 1.54) is 53.6 Å². The van der Waals surface area contributed by atoms with Gasteiger partial charge in [-0.3, -0.25) is 4.79 Å². The number of ketones is 1. The summed E-state index contributed by atoms with van der Waals surface area (Å²) in [5.41, 5.74) is 5.86. The molecule has 3 nitrogen and oxygen atoms in total. The van der Waals surface area contributed by atoms with Crippen LogP contribution < -0.4 is 0 Å². The summed E-state index contributed by atoms with van der Waals surface area (Å²) in [4.78, 5) is 12.9. The van der Waals surface area contributed by atoms with Gasteiger partial charge in [0.2, 0.25) is 0 Å². The lowest BCUT2D eigenvalue weighted by atomic mass is 9.63. The number of carbonyl (C=O) groups is 1. The highest BCUT2D eigenvalue weighted by Gasteiger charge is 2.51. The Morgan fingerprint density at radius 1 is 1.00 bits per heavy atom. The maximum Gasteiger partial charge on any atom is 0.310 e. The van der Waals surface area contributed by atoms with Crippen LogP contribution in [0.15, 0.2) is 41.7 Å². The van der Waals surface area contributed by atoms with E-state index in [0.717, 1.165) is 57.1 Å². The van der Waals surface area contributed by atoms with Gasteiger partial charge in [-0.05, 0) is 128 Å². The molecule has 0 bridgehead atoms. The number of hydrogen-bond donors (Lipinski definition) is 2. The molecule has 1 fully saturated rings. The van der Waals surface area contributed by atoms with Gasteiger partial charge in [-0.1, -0.05) is 77.3 Å². The Hall–Kier alpha value is -1.45. The first-order chi connectivity index (χ1) is 24.2. The largest absolute Gasteiger partial charge is 0.512 e. The van der Waals surface area contributed by atoms with Gasteiger partial charge in [0, 0.05) is 38.4 Å². The number of thiol groups is 1. The molecule has 3 atom stereocenters. The lowest BCUT2D eigenvalue weighted by Gasteiger charge is -2.41. The van der Waals surface area contributed by atoms with Crippen LogP contribution in [0.4, 0.5) is 17.6 Å². The lowest BCUT2D eigenvalue weighted by molar-refractivity contribution is -0.201. The van der Waals surface area contributed by atoms with E-state index in [0.29, 0.717) is 54.3 Å². The van der Waals surface area contributed by atoms with Crippen molar-refractivity contribution in [2.45, 2.75) is 174 Å². The molecule has 1 aromatic rings. The maximum absolute atomic E-state index is 13.3. The fraction of sp³-hybridized carbons (Fsp3) is 0.738. The number of fused-ring (bicyclic) bond motifs is 1. The molecule has 1 saturated carbocycles. The van der Waals surface area contributed by atoms with Crippen molar-refractivity contribution in [1.82, 2.24) is 0 Å². The Bertz CT molecular complexity index is 1240. The van der Waals surface area contributed by atoms with Gasteiger partial charge in [-0.15, -0.1) is 0 Å². The van der Waals surface area contributed by atoms with Crippen molar-refractivity contribution in [2.24, 2.45) is 5.41 Å². The van der Waals surface area contributed by atoms with Gasteiger partial charge in [-0.25, -0.2) is 8.78 Å². The van der Waals surface area contributed by atoms with Crippen LogP contribution in [-0.2, 0) is 8.98 Å². The number of Topliss-reactive ketones (excluding diaryl/α,β-unsaturated/α-hetero) is 1. The van der Waals surface area contributed by atoms with Crippen molar-refractivity contribution in [1.29, 1.82) is 0 Å². The fourth-order valence-corrected chi connectivity index (χ4v) is 8.14. The third-order valence-corrected chi connectivity index (χ3v) is 11.7. The molecule has 1 aromatic carbocycles. The molecule has 3 aliphatic carbocycles. The van der Waals surface area contributed by atoms with E-state index in [2.05, 4.69) is 50.8 Å². The summed E-state index contributed by atoms with van der Waals surface area (Å²) in [5.74, 6) is -4.13. The predicted octanol–water partition coefficient (Wildman–Crippen LogP) is 14.1. The van der Waals surface area contributed by atoms with Crippen molar-refractivity contribution in [3.05, 3.63) is 58.4 Å². The zero-order valence-electron chi connectivity index (χ0n) is 32.2. The van der Waals surface area contributed by atoms with Crippen LogP contribution in [0.25, 0.3) is 0 Å². The molecular formula is C42H66F4O3S2. The van der Waals surface area contributed by atoms with E-state index in [4.69, 9.17) is 4.18 Å². The number of aliphatic hydroxyl groups is 1. The van der Waals surface area contributed by atoms with Crippen molar-refractivity contribution in [3.63, 3.8) is 0 Å². The summed E-state index contributed by atoms with van der Waals surface area (Å²) in [6.07, 6.45) is 16.2. The molecule has 0 amide bonds. The zero-order chi connectivity index (χ0) is 38.1. The normalized spacial score (nSPS) is 22.2. The molecule has 9 heteroatoms. The third kappa shape index (κ3) is 14.0. The zero-order valence-corrected chi connectivity index (χ0v) is 33.9. The molecule has 0 saturated heterocycles. The Kier molecular flexibility index (Phi) is 20.3. The molecule has 0 aliphatic heterocycles. The van der Waals surface area contributed by atoms with Crippen molar-refractivity contribution >= 4 is 30.5 Å². The molecule has 0 heterocycles. The first kappa shape index (κ1) is 45.7. The van der Waals surface area contributed by atoms with E-state index in [-0.39, 0.29) is 25.4 Å². The molecule has 0 aromatic heterocycles. The molecule has 1 N–H and O–H groups in total. The first-order valence-electron chi connectivity index (χ1n) is 19.6. The van der Waals surface area contributed by atoms with Gasteiger partial charge >= 0.3 is 11.8 Å². The average Bonchev–Trinajstić information content (AvgIpc) is 3.16. The second-order valence-corrected chi connectivity index (χ2v) is 16.2. The topological polar surface area (TPSA) is 46.5 Å². The number of rotatable bonds is 18. The van der Waals surface area contributed by atoms with E-state index in [9.17, 15) is 27.5 Å². The fourth-order valence-electron chi connectivity index (χ4n) is 7.46. The van der Waals surface area contributed by atoms with Crippen LogP contribution in [0.3, 0.4) is 0 Å². The molecule has 0 spiro atoms. The van der Waals surface area contributed by atoms with Gasteiger partial charge in [0.15, 0.2) is 0 Å². The summed E-state index contributed by atoms with van der Waals surface area (Å²) in [6, 6.07) is 7.28. The third-order valence-electron chi connectivity index (χ3n) is 10.9. The Balaban J connectivity index is 0.00000171. The smallest absolute Gasteiger partial charge is 0.310 e. The highest BCUT2D eigenvalue weighted by Crippen LogP contribution is 2.55. The van der Waals surface area contributed by atoms with Crippen LogP contribution in [-0.4, -0.2) is 40.8 Å². The highest BCUT2D eigenvalue weighted by molar-refractivity contribution is 7.94. The molecule has 3 unspecified atom stereocenters. The summed E-state index contributed by atoms with van der Waals surface area (Å²) in [7, 11) is 0. The minimum absolute atomic E-state index is 0.0103. The number of unbranched alkanes of at least 4 members (excludes halogenated alkanes) is 2. The minimum atomic E-state index is -4.02. The van der Waals surface area contributed by atoms with E-state index in [1.54, 1.807) is 0 Å². The summed E-state index contributed by atoms with van der Waals surface area (Å²) in [6.45, 7) is 11.0. The predicted molar refractivity (Wildman–Crippen MR) is 211 cm³/mol. The van der Waals surface area contributed by atoms with Gasteiger partial charge in [0.05, 0.1) is 12.4 Å². The van der Waals surface area contributed by atoms with Crippen molar-refractivity contribution in [2.75, 3.05) is 18.1 Å². The first-order valence-corrected chi connectivity index (χ1v) is 21.1. The summed E-state index contributed by atoms with van der Waals surface area (Å²) >= 11 is 4.96. The van der Waals surface area contributed by atoms with E-state index >= 15 is 0 Å². The Morgan fingerprint density at radius 2 is 1.69 bits per heavy atom. The second kappa shape index (κ2) is 22.7. The summed E-state index contributed by atoms with van der Waals surface area (Å²) in [5, 5.41) is 10.1. The quantitative estimate of drug-likeness (QED) is 0.0515. The molecule has 51 heavy (non-hydrogen) atoms. The standard InChI is InChI=1S/C38H54F4O3S.C2H6S.C2H6/c1-27-21-23-36(2,30-16-18-32(44)19-17-30)35(33-20-15-29(26-34(27)33)28-10-7-11-28)14-8-13-31(43)12-5-4-6-25-46-45-24-9-22-38(41,42)37(3,39)40;1-2-3;1-2/h15-16,18,20,26-28,35,44H,4-14,17,19,21-25H2,1-3H3;3H,2H2,1H3;1-2H3. The number of allylic oxidation sites excluding steroid dienone is 4. The summed E-state index contributed by atoms with van der Waals surface area (Å²) < 4.78 is 57.6. The van der Waals surface area contributed by atoms with Crippen LogP contribution in [0.1, 0.15) is 179 Å². The molecule has 4 rings (SSSR count). The highest BCUT2D eigenvalue weighted by atomic mass is 32.2. The van der Waals surface area contributed by atoms with Crippen molar-refractivity contribution in [3.8, 4) is 0 Å². The lowest BCUT2D eigenvalue weighted by Crippen LogP contribution is -2.37. The minimum Gasteiger partial charge on any atom is -0.512 e. The van der Waals surface area contributed by atoms with Gasteiger partial charge in [0.25, 0.3) is 0 Å². The molecule has 3 aliphatic rings. The maximum atomic E-state index is 13.3. The average molecular weight is 759 g/mol. The van der Waals surface area contributed by atoms with Crippen LogP contribution >= 0.6 is 24.7 Å². The van der Waals surface area contributed by atoms with Gasteiger partial charge in [0.1, 0.15) is 5.78 Å². The van der Waals surface area contributed by atoms with Crippen molar-refractivity contribution < 1.29 is 31.6 Å². The van der Waals surface area contributed by atoms with Crippen LogP contribution in [0.2, 0.25) is 0 Å². The SMILES string of the molecule is CC.CC1CCC(C)(C2=CC=C(O)CC2)C(CCCC(=O)CCCCCSOCCCC(F)(F)C(C)(F)F)c2ccc(C3CCC3)cc21.CCS.